The number of esters is 1. The molecule has 0 aromatic heterocycles. The van der Waals surface area contributed by atoms with Gasteiger partial charge in [-0.3, -0.25) is 24.2 Å². The van der Waals surface area contributed by atoms with Crippen molar-refractivity contribution in [1.82, 2.24) is 9.80 Å². The summed E-state index contributed by atoms with van der Waals surface area (Å²) in [5.74, 6) is -1.75. The maximum absolute atomic E-state index is 11.9. The van der Waals surface area contributed by atoms with Crippen molar-refractivity contribution in [3.8, 4) is 0 Å². The Morgan fingerprint density at radius 1 is 0.681 bits per heavy atom. The molecule has 0 spiro atoms. The molecule has 0 amide bonds. The molecule has 522 valence electrons. The van der Waals surface area contributed by atoms with Crippen LogP contribution in [0.1, 0.15) is 192 Å². The molecule has 5 fully saturated rings. The molecule has 6 N–H and O–H groups in total. The van der Waals surface area contributed by atoms with E-state index in [9.17, 15) is 34.2 Å². The number of hydrogen-bond donors (Lipinski definition) is 2. The van der Waals surface area contributed by atoms with Gasteiger partial charge in [-0.25, -0.2) is 0 Å². The van der Waals surface area contributed by atoms with Crippen molar-refractivity contribution in [2.24, 2.45) is 51.8 Å². The molecule has 17 nitrogen and oxygen atoms in total. The van der Waals surface area contributed by atoms with Gasteiger partial charge in [0.15, 0.2) is 0 Å². The first kappa shape index (κ1) is 83.5. The van der Waals surface area contributed by atoms with E-state index in [0.29, 0.717) is 41.6 Å². The van der Waals surface area contributed by atoms with Gasteiger partial charge in [0.05, 0.1) is 44.3 Å². The topological polar surface area (TPSA) is 292 Å². The molecule has 0 heterocycles. The van der Waals surface area contributed by atoms with Crippen LogP contribution in [0.25, 0.3) is 22.9 Å². The van der Waals surface area contributed by atoms with Gasteiger partial charge in [-0.2, -0.15) is 24.2 Å². The summed E-state index contributed by atoms with van der Waals surface area (Å²) in [6, 6.07) is -0.319. The number of hydrogen-bond acceptors (Lipinski definition) is 11. The molecule has 0 aromatic rings. The van der Waals surface area contributed by atoms with Gasteiger partial charge < -0.3 is 62.4 Å². The first-order chi connectivity index (χ1) is 41.9. The van der Waals surface area contributed by atoms with E-state index in [0.717, 1.165) is 73.3 Å². The summed E-state index contributed by atoms with van der Waals surface area (Å²) in [5.41, 5.74) is 37.9. The van der Waals surface area contributed by atoms with Gasteiger partial charge in [-0.05, 0) is 148 Å². The Kier molecular flexibility index (Phi) is 37.3. The van der Waals surface area contributed by atoms with Crippen LogP contribution in [0.3, 0.4) is 0 Å². The molecule has 91 heavy (non-hydrogen) atoms. The fourth-order valence-electron chi connectivity index (χ4n) is 14.7. The third-order valence-electron chi connectivity index (χ3n) is 20.4. The standard InChI is InChI=1S/C34H53NO5.C26H37NO6.2C6H12N2.2Pt/c1-22(2)23(3)7-8-24(4)28-11-12-29-27-10-9-25-19-26(40-18-17-35(20-31(36)37)21-32(38)39)13-15-33(25,5)30(27)14-16-34(28,29)6;1-19(10-7-13-22-21(3)12-8-14-26(22,4)5)9-6-11-20(2)18-33-25(32)17-27(15-23(28)29)16-24(30)31;2*7-5-3-1-2-4-6(5)8;;/h7-10,22-24,26,28-30H,11-21H2,1-6H3,(H,36,37)(H,38,39);6-7,9-11,13H,8,12,14-18H2,1-5H3,(H,28,29)(H,30,31);2*5-8H,1-4H2;;/q;;2*-2;;/p-2/b8-7+;9-6+,13-7+,19-10+,20-11+;;;;/t23-,24+,26-,28+,29?,30?,33+,34+;;2*5-,6-;;/m0.11../s1. The predicted octanol–water partition coefficient (Wildman–Crippen LogP) is 13.5. The molecule has 19 heteroatoms. The Morgan fingerprint density at radius 2 is 1.25 bits per heavy atom. The number of carboxylic acid groups (broad SMARTS) is 4. The van der Waals surface area contributed by atoms with Crippen molar-refractivity contribution in [3.05, 3.63) is 117 Å². The summed E-state index contributed by atoms with van der Waals surface area (Å²) >= 11 is 0. The second-order valence-corrected chi connectivity index (χ2v) is 28.3. The second-order valence-electron chi connectivity index (χ2n) is 28.3. The second kappa shape index (κ2) is 40.7. The van der Waals surface area contributed by atoms with Gasteiger partial charge in [0, 0.05) is 61.8 Å². The Morgan fingerprint density at radius 3 is 1.79 bits per heavy atom. The number of carboxylic acids is 4. The van der Waals surface area contributed by atoms with Crippen LogP contribution in [0.2, 0.25) is 0 Å². The number of allylic oxidation sites excluding steroid dienone is 14. The maximum Gasteiger partial charge on any atom is 0.320 e. The number of rotatable bonds is 24. The van der Waals surface area contributed by atoms with E-state index in [-0.39, 0.29) is 103 Å². The quantitative estimate of drug-likeness (QED) is 0.0517. The number of nitrogens with zero attached hydrogens (tertiary/aromatic N) is 2. The van der Waals surface area contributed by atoms with E-state index in [1.807, 2.05) is 25.2 Å². The molecule has 0 saturated heterocycles. The Hall–Kier alpha value is -3.63. The summed E-state index contributed by atoms with van der Waals surface area (Å²) in [4.78, 5) is 57.7. The number of fused-ring (bicyclic) bond motifs is 5. The van der Waals surface area contributed by atoms with Crippen LogP contribution in [0.4, 0.5) is 0 Å². The van der Waals surface area contributed by atoms with E-state index >= 15 is 0 Å². The van der Waals surface area contributed by atoms with Gasteiger partial charge in [0.25, 0.3) is 0 Å². The van der Waals surface area contributed by atoms with Crippen LogP contribution in [0.15, 0.2) is 94.2 Å². The Labute approximate surface area is 575 Å². The van der Waals surface area contributed by atoms with Crippen LogP contribution in [0.5, 0.6) is 0 Å². The Bertz CT molecular complexity index is 2520. The molecule has 5 saturated carbocycles. The molecule has 12 atom stereocenters. The van der Waals surface area contributed by atoms with Crippen LogP contribution in [-0.2, 0) is 75.6 Å². The molecule has 7 aliphatic rings. The molecule has 0 aliphatic heterocycles. The predicted molar refractivity (Wildman–Crippen MR) is 352 cm³/mol. The van der Waals surface area contributed by atoms with Crippen molar-refractivity contribution >= 4 is 29.8 Å². The summed E-state index contributed by atoms with van der Waals surface area (Å²) in [6.45, 7) is 23.3. The fraction of sp³-hybridized carbons (Fsp3) is 0.708. The zero-order valence-corrected chi connectivity index (χ0v) is 61.1. The monoisotopic (exact) mass is 1630 g/mol. The zero-order valence-electron chi connectivity index (χ0n) is 56.6. The van der Waals surface area contributed by atoms with Gasteiger partial charge in [0.2, 0.25) is 0 Å². The number of carbonyl (C=O) groups excluding carboxylic acids is 3. The third kappa shape index (κ3) is 27.6. The molecule has 7 rings (SSSR count). The molecule has 2 unspecified atom stereocenters. The first-order valence-corrected chi connectivity index (χ1v) is 33.2. The molecular formula is C72H112N6O11Pt2-6. The Balaban J connectivity index is 0.000000492. The van der Waals surface area contributed by atoms with E-state index in [1.54, 1.807) is 12.5 Å². The average molecular weight is 1630 g/mol. The van der Waals surface area contributed by atoms with Gasteiger partial charge in [-0.1, -0.05) is 190 Å². The smallest absolute Gasteiger partial charge is 0.320 e. The molecule has 0 bridgehead atoms. The van der Waals surface area contributed by atoms with Crippen LogP contribution in [-0.4, -0.2) is 133 Å². The maximum atomic E-state index is 11.9. The number of carbonyl (C=O) groups is 5. The molecule has 7 aliphatic carbocycles. The van der Waals surface area contributed by atoms with Gasteiger partial charge in [0.1, 0.15) is 6.61 Å². The van der Waals surface area contributed by atoms with Crippen molar-refractivity contribution in [2.75, 3.05) is 52.5 Å². The minimum Gasteiger partial charge on any atom is -0.676 e. The number of aliphatic carboxylic acids is 4. The van der Waals surface area contributed by atoms with Crippen LogP contribution >= 0.6 is 0 Å². The summed E-state index contributed by atoms with van der Waals surface area (Å²) in [5, 5.41) is 39.5. The average Bonchev–Trinajstić information content (AvgIpc) is 1.70. The minimum atomic E-state index is -1.46. The SMILES string of the molecule is CC(C)[C@@H](C)/C=C/[C@@H](C)[C@H]1CCC2C3=CC=C4C[C@@H](OCCN(CC(=O)[O-])CC(=O)O)CC[C@@]4(C)C3CC[C@@]21C.CC1=C(/C=C/C=C(C)/C=C/C=C(\C)COC(=O)CN(CC(=O)[O-])CC(=O)O)C(C)(C)CCC1.[NH-][C@@H]1CCCC[C@H]1[NH-].[NH-][C@@H]1CCCC[C@H]1[NH-].[Pt].[Pt]. The van der Waals surface area contributed by atoms with Crippen molar-refractivity contribution in [1.29, 1.82) is 0 Å². The number of nitrogens with one attached hydrogen (secondary N) is 4. The van der Waals surface area contributed by atoms with Gasteiger partial charge >= 0.3 is 17.9 Å². The summed E-state index contributed by atoms with van der Waals surface area (Å²) in [6.07, 6.45) is 42.2. The molecule has 0 radical (unpaired) electrons. The fourth-order valence-corrected chi connectivity index (χ4v) is 14.7. The first-order valence-electron chi connectivity index (χ1n) is 33.2. The molecular weight excluding hydrogens is 1510 g/mol. The summed E-state index contributed by atoms with van der Waals surface area (Å²) < 4.78 is 11.3. The number of ether oxygens (including phenoxy) is 2. The zero-order chi connectivity index (χ0) is 66.2. The van der Waals surface area contributed by atoms with E-state index in [1.165, 1.54) is 85.8 Å². The van der Waals surface area contributed by atoms with Crippen molar-refractivity contribution in [3.63, 3.8) is 0 Å². The van der Waals surface area contributed by atoms with E-state index in [4.69, 9.17) is 42.6 Å². The minimum absolute atomic E-state index is 0. The van der Waals surface area contributed by atoms with Gasteiger partial charge in [-0.15, -0.1) is 0 Å². The third-order valence-corrected chi connectivity index (χ3v) is 20.4. The van der Waals surface area contributed by atoms with Crippen LogP contribution in [0, 0.1) is 51.8 Å². The normalized spacial score (nSPS) is 28.7. The summed E-state index contributed by atoms with van der Waals surface area (Å²) in [7, 11) is 0. The largest absolute Gasteiger partial charge is 0.676 e. The van der Waals surface area contributed by atoms with Crippen molar-refractivity contribution < 1.29 is 96.0 Å². The van der Waals surface area contributed by atoms with Crippen LogP contribution < -0.4 is 10.2 Å². The van der Waals surface area contributed by atoms with Crippen molar-refractivity contribution in [2.45, 2.75) is 222 Å². The van der Waals surface area contributed by atoms with E-state index < -0.39 is 56.0 Å². The molecule has 0 aromatic carbocycles. The van der Waals surface area contributed by atoms with E-state index in [2.05, 4.69) is 105 Å².